The standard InChI is InChI=1S/C11H12F4N2O2.ClH/c12-7-1-2-8(17-10(18)3-4-16)9(5-7)19-6-11(13,14)15;/h1-2,5H,3-4,6,16H2,(H,17,18);1H. The lowest BCUT2D eigenvalue weighted by atomic mass is 10.2. The molecule has 0 saturated carbocycles. The largest absolute Gasteiger partial charge is 0.482 e. The Labute approximate surface area is 118 Å². The SMILES string of the molecule is Cl.NCCC(=O)Nc1ccc(F)cc1OCC(F)(F)F. The first kappa shape index (κ1) is 18.5. The van der Waals surface area contributed by atoms with Gasteiger partial charge in [0.05, 0.1) is 5.69 Å². The van der Waals surface area contributed by atoms with E-state index in [1.807, 2.05) is 0 Å². The van der Waals surface area contributed by atoms with E-state index in [2.05, 4.69) is 10.1 Å². The lowest BCUT2D eigenvalue weighted by molar-refractivity contribution is -0.153. The summed E-state index contributed by atoms with van der Waals surface area (Å²) in [4.78, 5) is 11.3. The molecular weight excluding hydrogens is 304 g/mol. The fourth-order valence-electron chi connectivity index (χ4n) is 1.22. The molecule has 0 aliphatic rings. The second-order valence-corrected chi connectivity index (χ2v) is 3.63. The van der Waals surface area contributed by atoms with Crippen LogP contribution in [0.3, 0.4) is 0 Å². The summed E-state index contributed by atoms with van der Waals surface area (Å²) in [6, 6.07) is 2.89. The van der Waals surface area contributed by atoms with Crippen molar-refractivity contribution in [3.63, 3.8) is 0 Å². The van der Waals surface area contributed by atoms with Gasteiger partial charge < -0.3 is 15.8 Å². The summed E-state index contributed by atoms with van der Waals surface area (Å²) in [5, 5.41) is 2.30. The zero-order valence-corrected chi connectivity index (χ0v) is 11.0. The van der Waals surface area contributed by atoms with E-state index in [1.165, 1.54) is 0 Å². The maximum atomic E-state index is 13.0. The number of carbonyl (C=O) groups is 1. The van der Waals surface area contributed by atoms with Gasteiger partial charge in [0.15, 0.2) is 6.61 Å². The smallest absolute Gasteiger partial charge is 0.422 e. The van der Waals surface area contributed by atoms with Crippen molar-refractivity contribution in [2.45, 2.75) is 12.6 Å². The van der Waals surface area contributed by atoms with Crippen molar-refractivity contribution >= 4 is 24.0 Å². The van der Waals surface area contributed by atoms with Gasteiger partial charge in [-0.1, -0.05) is 0 Å². The summed E-state index contributed by atoms with van der Waals surface area (Å²) in [7, 11) is 0. The summed E-state index contributed by atoms with van der Waals surface area (Å²) in [5.41, 5.74) is 5.12. The van der Waals surface area contributed by atoms with Gasteiger partial charge in [-0.25, -0.2) is 4.39 Å². The van der Waals surface area contributed by atoms with Crippen molar-refractivity contribution in [2.24, 2.45) is 5.73 Å². The van der Waals surface area contributed by atoms with Gasteiger partial charge in [0.25, 0.3) is 0 Å². The Bertz CT molecular complexity index is 455. The normalized spacial score (nSPS) is 10.7. The molecule has 0 atom stereocenters. The molecule has 0 fully saturated rings. The van der Waals surface area contributed by atoms with E-state index in [0.717, 1.165) is 18.2 Å². The lowest BCUT2D eigenvalue weighted by Gasteiger charge is -2.13. The first-order valence-corrected chi connectivity index (χ1v) is 5.31. The minimum Gasteiger partial charge on any atom is -0.482 e. The maximum absolute atomic E-state index is 13.0. The highest BCUT2D eigenvalue weighted by Gasteiger charge is 2.29. The van der Waals surface area contributed by atoms with Crippen molar-refractivity contribution in [1.29, 1.82) is 0 Å². The van der Waals surface area contributed by atoms with Crippen LogP contribution in [0, 0.1) is 5.82 Å². The molecule has 1 aromatic rings. The molecule has 1 amide bonds. The molecule has 0 aliphatic carbocycles. The van der Waals surface area contributed by atoms with Crippen LogP contribution in [0.25, 0.3) is 0 Å². The molecular formula is C11H13ClF4N2O2. The van der Waals surface area contributed by atoms with Gasteiger partial charge in [-0.15, -0.1) is 12.4 Å². The van der Waals surface area contributed by atoms with Gasteiger partial charge in [-0.2, -0.15) is 13.2 Å². The van der Waals surface area contributed by atoms with Gasteiger partial charge >= 0.3 is 6.18 Å². The first-order chi connectivity index (χ1) is 8.81. The van der Waals surface area contributed by atoms with Crippen molar-refractivity contribution in [2.75, 3.05) is 18.5 Å². The average Bonchev–Trinajstić information content (AvgIpc) is 2.29. The topological polar surface area (TPSA) is 64.4 Å². The molecule has 0 aliphatic heterocycles. The van der Waals surface area contributed by atoms with E-state index >= 15 is 0 Å². The molecule has 1 aromatic carbocycles. The van der Waals surface area contributed by atoms with E-state index in [0.29, 0.717) is 0 Å². The molecule has 20 heavy (non-hydrogen) atoms. The predicted molar refractivity (Wildman–Crippen MR) is 67.5 cm³/mol. The zero-order chi connectivity index (χ0) is 14.5. The van der Waals surface area contributed by atoms with Crippen LogP contribution < -0.4 is 15.8 Å². The van der Waals surface area contributed by atoms with Crippen LogP contribution in [0.2, 0.25) is 0 Å². The molecule has 9 heteroatoms. The molecule has 114 valence electrons. The fraction of sp³-hybridized carbons (Fsp3) is 0.364. The van der Waals surface area contributed by atoms with Crippen LogP contribution >= 0.6 is 12.4 Å². The molecule has 3 N–H and O–H groups in total. The number of alkyl halides is 3. The Morgan fingerprint density at radius 3 is 2.55 bits per heavy atom. The number of halogens is 5. The van der Waals surface area contributed by atoms with Crippen LogP contribution in [-0.2, 0) is 4.79 Å². The average molecular weight is 317 g/mol. The van der Waals surface area contributed by atoms with Crippen molar-refractivity contribution in [3.8, 4) is 5.75 Å². The highest BCUT2D eigenvalue weighted by molar-refractivity contribution is 5.92. The molecule has 0 aromatic heterocycles. The molecule has 0 bridgehead atoms. The number of hydrogen-bond donors (Lipinski definition) is 2. The zero-order valence-electron chi connectivity index (χ0n) is 10.2. The van der Waals surface area contributed by atoms with Crippen molar-refractivity contribution in [1.82, 2.24) is 0 Å². The van der Waals surface area contributed by atoms with Crippen molar-refractivity contribution < 1.29 is 27.1 Å². The predicted octanol–water partition coefficient (Wildman–Crippen LogP) is 2.48. The summed E-state index contributed by atoms with van der Waals surface area (Å²) >= 11 is 0. The molecule has 4 nitrogen and oxygen atoms in total. The minimum absolute atomic E-state index is 0. The summed E-state index contributed by atoms with van der Waals surface area (Å²) in [5.74, 6) is -1.65. The number of nitrogens with one attached hydrogen (secondary N) is 1. The van der Waals surface area contributed by atoms with Crippen molar-refractivity contribution in [3.05, 3.63) is 24.0 Å². The Hall–Kier alpha value is -1.54. The monoisotopic (exact) mass is 316 g/mol. The highest BCUT2D eigenvalue weighted by atomic mass is 35.5. The Kier molecular flexibility index (Phi) is 7.30. The molecule has 0 radical (unpaired) electrons. The third-order valence-electron chi connectivity index (χ3n) is 1.98. The number of carbonyl (C=O) groups excluding carboxylic acids is 1. The van der Waals surface area contributed by atoms with E-state index in [-0.39, 0.29) is 36.8 Å². The van der Waals surface area contributed by atoms with Gasteiger partial charge in [0.1, 0.15) is 11.6 Å². The second-order valence-electron chi connectivity index (χ2n) is 3.63. The molecule has 0 heterocycles. The first-order valence-electron chi connectivity index (χ1n) is 5.31. The lowest BCUT2D eigenvalue weighted by Crippen LogP contribution is -2.21. The van der Waals surface area contributed by atoms with Gasteiger partial charge in [-0.3, -0.25) is 4.79 Å². The summed E-state index contributed by atoms with van der Waals surface area (Å²) < 4.78 is 53.5. The minimum atomic E-state index is -4.55. The van der Waals surface area contributed by atoms with E-state index in [4.69, 9.17) is 5.73 Å². The number of rotatable bonds is 5. The number of nitrogens with two attached hydrogens (primary N) is 1. The van der Waals surface area contributed by atoms with Crippen LogP contribution in [-0.4, -0.2) is 25.2 Å². The maximum Gasteiger partial charge on any atom is 0.422 e. The Morgan fingerprint density at radius 2 is 2.00 bits per heavy atom. The molecule has 0 spiro atoms. The van der Waals surface area contributed by atoms with Crippen LogP contribution in [0.4, 0.5) is 23.2 Å². The van der Waals surface area contributed by atoms with Gasteiger partial charge in [0, 0.05) is 19.0 Å². The van der Waals surface area contributed by atoms with Crippen LogP contribution in [0.1, 0.15) is 6.42 Å². The summed E-state index contributed by atoms with van der Waals surface area (Å²) in [6.07, 6.45) is -4.55. The second kappa shape index (κ2) is 7.91. The number of hydrogen-bond acceptors (Lipinski definition) is 3. The van der Waals surface area contributed by atoms with E-state index < -0.39 is 24.5 Å². The van der Waals surface area contributed by atoms with E-state index in [9.17, 15) is 22.4 Å². The third kappa shape index (κ3) is 6.58. The van der Waals surface area contributed by atoms with Gasteiger partial charge in [0.2, 0.25) is 5.91 Å². The molecule has 0 saturated heterocycles. The fourth-order valence-corrected chi connectivity index (χ4v) is 1.22. The highest BCUT2D eigenvalue weighted by Crippen LogP contribution is 2.27. The van der Waals surface area contributed by atoms with E-state index in [1.54, 1.807) is 0 Å². The Balaban J connectivity index is 0.00000361. The van der Waals surface area contributed by atoms with Crippen LogP contribution in [0.15, 0.2) is 18.2 Å². The number of amides is 1. The Morgan fingerprint density at radius 1 is 1.35 bits per heavy atom. The number of anilines is 1. The molecule has 0 unspecified atom stereocenters. The van der Waals surface area contributed by atoms with Gasteiger partial charge in [-0.05, 0) is 12.1 Å². The molecule has 1 rings (SSSR count). The van der Waals surface area contributed by atoms with Crippen LogP contribution in [0.5, 0.6) is 5.75 Å². The third-order valence-corrected chi connectivity index (χ3v) is 1.98. The quantitative estimate of drug-likeness (QED) is 0.820. The number of benzene rings is 1. The summed E-state index contributed by atoms with van der Waals surface area (Å²) in [6.45, 7) is -1.48. The number of ether oxygens (including phenoxy) is 1.